The van der Waals surface area contributed by atoms with Crippen molar-refractivity contribution in [2.24, 2.45) is 5.84 Å². The Labute approximate surface area is 120 Å². The molecule has 2 rings (SSSR count). The Morgan fingerprint density at radius 2 is 1.90 bits per heavy atom. The van der Waals surface area contributed by atoms with Gasteiger partial charge in [-0.1, -0.05) is 0 Å². The van der Waals surface area contributed by atoms with Crippen LogP contribution < -0.4 is 16.6 Å². The number of hydrogen-bond acceptors (Lipinski definition) is 4. The number of pyridine rings is 1. The van der Waals surface area contributed by atoms with Gasteiger partial charge in [0.15, 0.2) is 0 Å². The van der Waals surface area contributed by atoms with E-state index < -0.39 is 11.6 Å². The molecule has 0 atom stereocenters. The fraction of sp³-hybridized carbons (Fsp3) is 0.143. The molecule has 2 aromatic rings. The first-order valence-corrected chi connectivity index (χ1v) is 6.24. The van der Waals surface area contributed by atoms with E-state index in [4.69, 9.17) is 5.84 Å². The highest BCUT2D eigenvalue weighted by atomic mass is 19.1. The number of hydrogen-bond donors (Lipinski definition) is 3. The molecule has 0 fully saturated rings. The zero-order valence-corrected chi connectivity index (χ0v) is 11.1. The smallest absolute Gasteiger partial charge is 0.269 e. The SMILES string of the molecule is NNc1ccnc(C(=O)NCCc2cc(F)cc(F)c2)c1. The number of nitrogen functional groups attached to an aromatic ring is 1. The van der Waals surface area contributed by atoms with Crippen LogP contribution in [0.5, 0.6) is 0 Å². The van der Waals surface area contributed by atoms with Crippen LogP contribution >= 0.6 is 0 Å². The number of carbonyl (C=O) groups is 1. The van der Waals surface area contributed by atoms with Gasteiger partial charge in [0.05, 0.1) is 5.69 Å². The monoisotopic (exact) mass is 292 g/mol. The van der Waals surface area contributed by atoms with E-state index in [2.05, 4.69) is 15.7 Å². The number of rotatable bonds is 5. The van der Waals surface area contributed by atoms with E-state index >= 15 is 0 Å². The summed E-state index contributed by atoms with van der Waals surface area (Å²) in [5, 5.41) is 2.62. The first-order chi connectivity index (χ1) is 10.1. The van der Waals surface area contributed by atoms with Crippen LogP contribution in [0.25, 0.3) is 0 Å². The molecule has 5 nitrogen and oxygen atoms in total. The predicted octanol–water partition coefficient (Wildman–Crippen LogP) is 1.62. The first-order valence-electron chi connectivity index (χ1n) is 6.24. The van der Waals surface area contributed by atoms with Crippen LogP contribution in [0.1, 0.15) is 16.1 Å². The fourth-order valence-corrected chi connectivity index (χ4v) is 1.81. The number of anilines is 1. The van der Waals surface area contributed by atoms with E-state index in [0.717, 1.165) is 6.07 Å². The highest BCUT2D eigenvalue weighted by molar-refractivity contribution is 5.93. The van der Waals surface area contributed by atoms with Crippen LogP contribution in [0.4, 0.5) is 14.5 Å². The number of carbonyl (C=O) groups excluding carboxylic acids is 1. The molecule has 1 heterocycles. The molecule has 1 aromatic heterocycles. The van der Waals surface area contributed by atoms with Crippen LogP contribution in [0.3, 0.4) is 0 Å². The third-order valence-electron chi connectivity index (χ3n) is 2.78. The average molecular weight is 292 g/mol. The van der Waals surface area contributed by atoms with Crippen molar-refractivity contribution < 1.29 is 13.6 Å². The largest absolute Gasteiger partial charge is 0.350 e. The molecule has 1 aromatic carbocycles. The lowest BCUT2D eigenvalue weighted by atomic mass is 10.1. The number of nitrogens with two attached hydrogens (primary N) is 1. The number of aromatic nitrogens is 1. The number of amides is 1. The topological polar surface area (TPSA) is 80.0 Å². The number of benzene rings is 1. The van der Waals surface area contributed by atoms with Gasteiger partial charge in [-0.05, 0) is 36.2 Å². The highest BCUT2D eigenvalue weighted by Gasteiger charge is 2.07. The molecule has 0 unspecified atom stereocenters. The Hall–Kier alpha value is -2.54. The van der Waals surface area contributed by atoms with Gasteiger partial charge in [-0.15, -0.1) is 0 Å². The van der Waals surface area contributed by atoms with Gasteiger partial charge in [-0.25, -0.2) is 8.78 Å². The first kappa shape index (κ1) is 14.9. The summed E-state index contributed by atoms with van der Waals surface area (Å²) in [4.78, 5) is 15.8. The second-order valence-corrected chi connectivity index (χ2v) is 4.36. The summed E-state index contributed by atoms with van der Waals surface area (Å²) in [5.41, 5.74) is 3.65. The van der Waals surface area contributed by atoms with Gasteiger partial charge in [0.2, 0.25) is 0 Å². The van der Waals surface area contributed by atoms with Gasteiger partial charge >= 0.3 is 0 Å². The number of halogens is 2. The van der Waals surface area contributed by atoms with Crippen LogP contribution in [-0.2, 0) is 6.42 Å². The minimum Gasteiger partial charge on any atom is -0.350 e. The fourth-order valence-electron chi connectivity index (χ4n) is 1.81. The normalized spacial score (nSPS) is 10.2. The molecule has 110 valence electrons. The van der Waals surface area contributed by atoms with E-state index in [1.807, 2.05) is 0 Å². The van der Waals surface area contributed by atoms with Gasteiger partial charge in [0, 0.05) is 18.8 Å². The van der Waals surface area contributed by atoms with Crippen molar-refractivity contribution in [1.29, 1.82) is 0 Å². The Kier molecular flexibility index (Phi) is 4.78. The van der Waals surface area contributed by atoms with Crippen LogP contribution in [-0.4, -0.2) is 17.4 Å². The highest BCUT2D eigenvalue weighted by Crippen LogP contribution is 2.09. The maximum Gasteiger partial charge on any atom is 0.269 e. The summed E-state index contributed by atoms with van der Waals surface area (Å²) in [6.07, 6.45) is 1.77. The van der Waals surface area contributed by atoms with E-state index in [1.165, 1.54) is 24.4 Å². The molecule has 4 N–H and O–H groups in total. The number of nitrogens with zero attached hydrogens (tertiary/aromatic N) is 1. The molecule has 0 saturated carbocycles. The average Bonchev–Trinajstić information content (AvgIpc) is 2.46. The lowest BCUT2D eigenvalue weighted by Gasteiger charge is -2.06. The van der Waals surface area contributed by atoms with Crippen molar-refractivity contribution in [3.63, 3.8) is 0 Å². The molecular weight excluding hydrogens is 278 g/mol. The summed E-state index contributed by atoms with van der Waals surface area (Å²) in [5.74, 6) is 3.58. The molecular formula is C14H14F2N4O. The lowest BCUT2D eigenvalue weighted by Crippen LogP contribution is -2.26. The van der Waals surface area contributed by atoms with Crippen molar-refractivity contribution in [3.05, 3.63) is 59.4 Å². The van der Waals surface area contributed by atoms with E-state index in [1.54, 1.807) is 6.07 Å². The summed E-state index contributed by atoms with van der Waals surface area (Å²) in [6.45, 7) is 0.240. The van der Waals surface area contributed by atoms with Crippen molar-refractivity contribution in [2.75, 3.05) is 12.0 Å². The van der Waals surface area contributed by atoms with E-state index in [0.29, 0.717) is 17.7 Å². The summed E-state index contributed by atoms with van der Waals surface area (Å²) in [7, 11) is 0. The van der Waals surface area contributed by atoms with Gasteiger partial charge in [0.25, 0.3) is 5.91 Å². The predicted molar refractivity (Wildman–Crippen MR) is 74.4 cm³/mol. The third-order valence-corrected chi connectivity index (χ3v) is 2.78. The second-order valence-electron chi connectivity index (χ2n) is 4.36. The minimum atomic E-state index is -0.639. The third kappa shape index (κ3) is 4.22. The summed E-state index contributed by atoms with van der Waals surface area (Å²) < 4.78 is 26.0. The molecule has 0 aliphatic rings. The Morgan fingerprint density at radius 3 is 2.57 bits per heavy atom. The molecule has 1 amide bonds. The zero-order chi connectivity index (χ0) is 15.2. The number of nitrogens with one attached hydrogen (secondary N) is 2. The van der Waals surface area contributed by atoms with Crippen molar-refractivity contribution >= 4 is 11.6 Å². The summed E-state index contributed by atoms with van der Waals surface area (Å²) in [6, 6.07) is 6.37. The second kappa shape index (κ2) is 6.76. The molecule has 0 saturated heterocycles. The Morgan fingerprint density at radius 1 is 1.19 bits per heavy atom. The van der Waals surface area contributed by atoms with Gasteiger partial charge in [0.1, 0.15) is 17.3 Å². The molecule has 0 bridgehead atoms. The van der Waals surface area contributed by atoms with Crippen molar-refractivity contribution in [1.82, 2.24) is 10.3 Å². The quantitative estimate of drug-likeness (QED) is 0.578. The maximum atomic E-state index is 13.0. The summed E-state index contributed by atoms with van der Waals surface area (Å²) >= 11 is 0. The standard InChI is InChI=1S/C14H14F2N4O/c15-10-5-9(6-11(16)7-10)1-3-19-14(21)13-8-12(20-17)2-4-18-13/h2,4-8H,1,3,17H2,(H,18,20)(H,19,21). The van der Waals surface area contributed by atoms with Crippen molar-refractivity contribution in [2.45, 2.75) is 6.42 Å². The Bertz CT molecular complexity index is 628. The molecule has 0 spiro atoms. The maximum absolute atomic E-state index is 13.0. The van der Waals surface area contributed by atoms with E-state index in [9.17, 15) is 13.6 Å². The molecule has 7 heteroatoms. The molecule has 0 aliphatic carbocycles. The Balaban J connectivity index is 1.92. The minimum absolute atomic E-state index is 0.205. The van der Waals surface area contributed by atoms with Crippen LogP contribution in [0.15, 0.2) is 36.5 Å². The van der Waals surface area contributed by atoms with Crippen LogP contribution in [0.2, 0.25) is 0 Å². The zero-order valence-electron chi connectivity index (χ0n) is 11.1. The van der Waals surface area contributed by atoms with Crippen molar-refractivity contribution in [3.8, 4) is 0 Å². The molecule has 0 radical (unpaired) electrons. The molecule has 21 heavy (non-hydrogen) atoms. The number of hydrazine groups is 1. The van der Waals surface area contributed by atoms with Gasteiger partial charge < -0.3 is 10.7 Å². The van der Waals surface area contributed by atoms with E-state index in [-0.39, 0.29) is 18.1 Å². The molecule has 0 aliphatic heterocycles. The van der Waals surface area contributed by atoms with Crippen LogP contribution in [0, 0.1) is 11.6 Å². The lowest BCUT2D eigenvalue weighted by molar-refractivity contribution is 0.0949. The van der Waals surface area contributed by atoms with Gasteiger partial charge in [-0.2, -0.15) is 0 Å². The van der Waals surface area contributed by atoms with Gasteiger partial charge in [-0.3, -0.25) is 15.6 Å².